The molecule has 0 atom stereocenters. The van der Waals surface area contributed by atoms with Crippen LogP contribution >= 0.6 is 34.0 Å². The number of allylic oxidation sites excluding steroid dienone is 1. The van der Waals surface area contributed by atoms with E-state index in [0.717, 1.165) is 26.8 Å². The molecule has 3 nitrogen and oxygen atoms in total. The number of hydrogen-bond acceptors (Lipinski definition) is 6. The highest BCUT2D eigenvalue weighted by Gasteiger charge is 2.20. The van der Waals surface area contributed by atoms with E-state index in [1.165, 1.54) is 35.5 Å². The van der Waals surface area contributed by atoms with Gasteiger partial charge >= 0.3 is 0 Å². The average molecular weight is 628 g/mol. The van der Waals surface area contributed by atoms with Gasteiger partial charge in [0.1, 0.15) is 17.7 Å². The summed E-state index contributed by atoms with van der Waals surface area (Å²) in [7, 11) is 0. The fourth-order valence-electron chi connectivity index (χ4n) is 5.26. The summed E-state index contributed by atoms with van der Waals surface area (Å²) in [6, 6.07) is 35.0. The molecular weight excluding hydrogens is 595 g/mol. The second kappa shape index (κ2) is 11.4. The lowest BCUT2D eigenvalue weighted by Crippen LogP contribution is -2.14. The van der Waals surface area contributed by atoms with Gasteiger partial charge < -0.3 is 4.90 Å². The number of rotatable bonds is 5. The summed E-state index contributed by atoms with van der Waals surface area (Å²) in [4.78, 5) is 5.62. The predicted octanol–water partition coefficient (Wildman–Crippen LogP) is 12.3. The summed E-state index contributed by atoms with van der Waals surface area (Å²) in [6.07, 6.45) is 1.65. The van der Waals surface area contributed by atoms with Crippen molar-refractivity contribution in [3.63, 3.8) is 0 Å². The van der Waals surface area contributed by atoms with Gasteiger partial charge in [-0.2, -0.15) is 10.5 Å². The first-order valence-corrected chi connectivity index (χ1v) is 17.0. The van der Waals surface area contributed by atoms with E-state index < -0.39 is 0 Å². The van der Waals surface area contributed by atoms with Crippen LogP contribution in [-0.2, 0) is 10.8 Å². The second-order valence-electron chi connectivity index (χ2n) is 13.0. The Labute approximate surface area is 271 Å². The van der Waals surface area contributed by atoms with Crippen LogP contribution in [0.25, 0.3) is 35.3 Å². The Balaban J connectivity index is 1.40. The number of nitriles is 2. The Kier molecular flexibility index (Phi) is 7.72. The van der Waals surface area contributed by atoms with Crippen molar-refractivity contribution in [1.82, 2.24) is 0 Å². The van der Waals surface area contributed by atoms with E-state index >= 15 is 0 Å². The number of nitrogens with zero attached hydrogens (tertiary/aromatic N) is 3. The predicted molar refractivity (Wildman–Crippen MR) is 192 cm³/mol. The third kappa shape index (κ3) is 5.82. The monoisotopic (exact) mass is 627 g/mol. The fraction of sp³-hybridized carbons (Fsp3) is 0.211. The van der Waals surface area contributed by atoms with Gasteiger partial charge in [-0.05, 0) is 82.6 Å². The first-order chi connectivity index (χ1) is 20.9. The molecule has 0 fully saturated rings. The van der Waals surface area contributed by atoms with Gasteiger partial charge in [-0.1, -0.05) is 71.9 Å². The van der Waals surface area contributed by atoms with Gasteiger partial charge in [0.25, 0.3) is 0 Å². The molecule has 3 aromatic carbocycles. The van der Waals surface area contributed by atoms with Gasteiger partial charge in [-0.25, -0.2) is 0 Å². The van der Waals surface area contributed by atoms with Crippen molar-refractivity contribution >= 4 is 76.6 Å². The second-order valence-corrected chi connectivity index (χ2v) is 16.3. The topological polar surface area (TPSA) is 50.8 Å². The number of anilines is 3. The summed E-state index contributed by atoms with van der Waals surface area (Å²) < 4.78 is 3.83. The first-order valence-electron chi connectivity index (χ1n) is 14.5. The molecular formula is C38H33N3S3. The molecule has 6 rings (SSSR count). The molecule has 0 saturated heterocycles. The van der Waals surface area contributed by atoms with Crippen LogP contribution in [0.1, 0.15) is 57.5 Å². The SMILES string of the molecule is CC(C)(C)c1ccc(N(c2ccc(C(C)(C)C)cc2)c2ccc3c(c2)sc2cc(-c4ccc(C=C(C#N)C#N)s4)sc23)cc1. The molecule has 44 heavy (non-hydrogen) atoms. The van der Waals surface area contributed by atoms with Gasteiger partial charge in [-0.3, -0.25) is 0 Å². The van der Waals surface area contributed by atoms with Crippen molar-refractivity contribution in [3.8, 4) is 21.9 Å². The molecule has 3 aromatic heterocycles. The molecule has 0 radical (unpaired) electrons. The van der Waals surface area contributed by atoms with Gasteiger partial charge in [0.05, 0.1) is 4.70 Å². The molecule has 0 bridgehead atoms. The number of benzene rings is 3. The van der Waals surface area contributed by atoms with E-state index in [9.17, 15) is 0 Å². The summed E-state index contributed by atoms with van der Waals surface area (Å²) in [6.45, 7) is 13.5. The molecule has 0 saturated carbocycles. The van der Waals surface area contributed by atoms with Crippen LogP contribution in [0.2, 0.25) is 0 Å². The number of thiophene rings is 3. The van der Waals surface area contributed by atoms with Crippen molar-refractivity contribution in [2.24, 2.45) is 0 Å². The maximum absolute atomic E-state index is 9.11. The normalized spacial score (nSPS) is 11.8. The van der Waals surface area contributed by atoms with Crippen molar-refractivity contribution in [3.05, 3.63) is 107 Å². The minimum atomic E-state index is 0.0930. The van der Waals surface area contributed by atoms with Gasteiger partial charge in [0.2, 0.25) is 0 Å². The largest absolute Gasteiger partial charge is 0.310 e. The van der Waals surface area contributed by atoms with E-state index in [1.807, 2.05) is 29.5 Å². The van der Waals surface area contributed by atoms with Crippen LogP contribution in [0.3, 0.4) is 0 Å². The van der Waals surface area contributed by atoms with Gasteiger partial charge in [0.15, 0.2) is 0 Å². The Morgan fingerprint density at radius 3 is 1.73 bits per heavy atom. The highest BCUT2D eigenvalue weighted by atomic mass is 32.1. The zero-order valence-electron chi connectivity index (χ0n) is 25.7. The van der Waals surface area contributed by atoms with Crippen LogP contribution in [0.4, 0.5) is 17.1 Å². The zero-order chi connectivity index (χ0) is 31.2. The molecule has 0 aliphatic carbocycles. The summed E-state index contributed by atoms with van der Waals surface area (Å²) in [5, 5.41) is 19.5. The lowest BCUT2D eigenvalue weighted by Gasteiger charge is -2.28. The number of hydrogen-bond donors (Lipinski definition) is 0. The van der Waals surface area contributed by atoms with E-state index in [1.54, 1.807) is 28.7 Å². The van der Waals surface area contributed by atoms with Crippen molar-refractivity contribution in [2.75, 3.05) is 4.90 Å². The van der Waals surface area contributed by atoms with Crippen molar-refractivity contribution in [1.29, 1.82) is 10.5 Å². The molecule has 6 aromatic rings. The summed E-state index contributed by atoms with van der Waals surface area (Å²) in [5.41, 5.74) is 6.36. The van der Waals surface area contributed by atoms with E-state index in [2.05, 4.69) is 125 Å². The molecule has 0 unspecified atom stereocenters. The first kappa shape index (κ1) is 29.9. The van der Waals surface area contributed by atoms with Crippen molar-refractivity contribution < 1.29 is 0 Å². The highest BCUT2D eigenvalue weighted by Crippen LogP contribution is 2.46. The summed E-state index contributed by atoms with van der Waals surface area (Å²) >= 11 is 5.23. The maximum Gasteiger partial charge on any atom is 0.131 e. The molecule has 0 amide bonds. The fourth-order valence-corrected chi connectivity index (χ4v) is 8.85. The Hall–Kier alpha value is -4.20. The minimum absolute atomic E-state index is 0.0930. The molecule has 0 spiro atoms. The lowest BCUT2D eigenvalue weighted by molar-refractivity contribution is 0.590. The molecule has 3 heterocycles. The highest BCUT2D eigenvalue weighted by molar-refractivity contribution is 7.35. The molecule has 0 aliphatic heterocycles. The smallest absolute Gasteiger partial charge is 0.131 e. The third-order valence-corrected chi connectivity index (χ3v) is 11.4. The Bertz CT molecular complexity index is 2020. The molecule has 0 aliphatic rings. The minimum Gasteiger partial charge on any atom is -0.310 e. The van der Waals surface area contributed by atoms with Crippen LogP contribution in [0.15, 0.2) is 90.5 Å². The Morgan fingerprint density at radius 1 is 0.614 bits per heavy atom. The molecule has 6 heteroatoms. The van der Waals surface area contributed by atoms with Crippen LogP contribution < -0.4 is 4.90 Å². The standard InChI is InChI=1S/C38H33N3S3/c1-37(2,3)25-7-11-27(12-8-25)41(28-13-9-26(10-14-28)38(4,5)6)29-15-17-31-33(20-29)43-35-21-34(44-36(31)35)32-18-16-30(42-32)19-24(22-39)23-40/h7-21H,1-6H3. The average Bonchev–Trinajstić information content (AvgIpc) is 3.70. The van der Waals surface area contributed by atoms with E-state index in [0.29, 0.717) is 0 Å². The Morgan fingerprint density at radius 2 is 1.18 bits per heavy atom. The quantitative estimate of drug-likeness (QED) is 0.179. The van der Waals surface area contributed by atoms with Gasteiger partial charge in [0, 0.05) is 46.5 Å². The van der Waals surface area contributed by atoms with Gasteiger partial charge in [-0.15, -0.1) is 34.0 Å². The maximum atomic E-state index is 9.11. The van der Waals surface area contributed by atoms with E-state index in [-0.39, 0.29) is 16.4 Å². The van der Waals surface area contributed by atoms with Crippen molar-refractivity contribution in [2.45, 2.75) is 52.4 Å². The van der Waals surface area contributed by atoms with Crippen LogP contribution in [0.5, 0.6) is 0 Å². The lowest BCUT2D eigenvalue weighted by atomic mass is 9.86. The summed E-state index contributed by atoms with van der Waals surface area (Å²) in [5.74, 6) is 0. The number of fused-ring (bicyclic) bond motifs is 3. The zero-order valence-corrected chi connectivity index (χ0v) is 28.2. The molecule has 218 valence electrons. The van der Waals surface area contributed by atoms with Crippen LogP contribution in [0, 0.1) is 22.7 Å². The van der Waals surface area contributed by atoms with E-state index in [4.69, 9.17) is 10.5 Å². The molecule has 0 N–H and O–H groups in total. The van der Waals surface area contributed by atoms with Crippen LogP contribution in [-0.4, -0.2) is 0 Å². The third-order valence-electron chi connectivity index (χ3n) is 7.77.